The summed E-state index contributed by atoms with van der Waals surface area (Å²) < 4.78 is 5.16. The highest BCUT2D eigenvalue weighted by molar-refractivity contribution is 5.90. The van der Waals surface area contributed by atoms with Gasteiger partial charge in [0.15, 0.2) is 0 Å². The van der Waals surface area contributed by atoms with E-state index in [-0.39, 0.29) is 5.91 Å². The van der Waals surface area contributed by atoms with Gasteiger partial charge in [0.2, 0.25) is 5.91 Å². The van der Waals surface area contributed by atoms with Crippen LogP contribution in [-0.4, -0.2) is 30.7 Å². The summed E-state index contributed by atoms with van der Waals surface area (Å²) in [5.74, 6) is -0.0105. The molecule has 0 saturated heterocycles. The lowest BCUT2D eigenvalue weighted by Crippen LogP contribution is -2.33. The topological polar surface area (TPSA) is 79.5 Å². The van der Waals surface area contributed by atoms with Gasteiger partial charge in [-0.15, -0.1) is 0 Å². The van der Waals surface area contributed by atoms with E-state index in [0.29, 0.717) is 19.5 Å². The standard InChI is InChI=1S/C17H27N3O3/c1-5-15(21)20-14-9-6-8-13(12-14)18-10-7-11-19-16(22)23-17(2,3)4/h6,8-9,12,18H,5,7,10-11H2,1-4H3,(H,19,22)(H,20,21). The predicted molar refractivity (Wildman–Crippen MR) is 92.7 cm³/mol. The van der Waals surface area contributed by atoms with Crippen molar-refractivity contribution in [1.29, 1.82) is 0 Å². The molecule has 0 heterocycles. The van der Waals surface area contributed by atoms with Crippen LogP contribution in [0.1, 0.15) is 40.5 Å². The third-order valence-corrected chi connectivity index (χ3v) is 2.82. The molecule has 1 aromatic rings. The maximum atomic E-state index is 11.5. The van der Waals surface area contributed by atoms with Crippen LogP contribution in [0.2, 0.25) is 0 Å². The molecular formula is C17H27N3O3. The number of nitrogens with one attached hydrogen (secondary N) is 3. The van der Waals surface area contributed by atoms with E-state index >= 15 is 0 Å². The molecule has 0 aromatic heterocycles. The van der Waals surface area contributed by atoms with Crippen molar-refractivity contribution in [2.24, 2.45) is 0 Å². The molecule has 1 rings (SSSR count). The van der Waals surface area contributed by atoms with Crippen LogP contribution in [0.4, 0.5) is 16.2 Å². The van der Waals surface area contributed by atoms with Crippen molar-refractivity contribution >= 4 is 23.4 Å². The molecule has 0 saturated carbocycles. The number of hydrogen-bond acceptors (Lipinski definition) is 4. The summed E-state index contributed by atoms with van der Waals surface area (Å²) in [6, 6.07) is 7.55. The lowest BCUT2D eigenvalue weighted by atomic mass is 10.2. The molecule has 0 aliphatic heterocycles. The molecule has 0 radical (unpaired) electrons. The molecule has 0 bridgehead atoms. The van der Waals surface area contributed by atoms with Gasteiger partial charge in [-0.3, -0.25) is 4.79 Å². The van der Waals surface area contributed by atoms with Crippen molar-refractivity contribution < 1.29 is 14.3 Å². The molecule has 1 aromatic carbocycles. The van der Waals surface area contributed by atoms with Crippen LogP contribution in [0.25, 0.3) is 0 Å². The molecule has 0 atom stereocenters. The number of carbonyl (C=O) groups is 2. The van der Waals surface area contributed by atoms with Crippen LogP contribution in [-0.2, 0) is 9.53 Å². The largest absolute Gasteiger partial charge is 0.444 e. The number of rotatable bonds is 7. The number of hydrogen-bond donors (Lipinski definition) is 3. The monoisotopic (exact) mass is 321 g/mol. The zero-order valence-electron chi connectivity index (χ0n) is 14.4. The minimum absolute atomic E-state index is 0.0105. The lowest BCUT2D eigenvalue weighted by molar-refractivity contribution is -0.115. The number of anilines is 2. The number of alkyl carbamates (subject to hydrolysis) is 1. The van der Waals surface area contributed by atoms with Crippen molar-refractivity contribution in [3.05, 3.63) is 24.3 Å². The summed E-state index contributed by atoms with van der Waals surface area (Å²) in [5, 5.41) is 8.78. The average molecular weight is 321 g/mol. The van der Waals surface area contributed by atoms with Crippen molar-refractivity contribution in [2.45, 2.75) is 46.1 Å². The van der Waals surface area contributed by atoms with Crippen molar-refractivity contribution in [3.8, 4) is 0 Å². The minimum Gasteiger partial charge on any atom is -0.444 e. The highest BCUT2D eigenvalue weighted by atomic mass is 16.6. The van der Waals surface area contributed by atoms with Crippen LogP contribution < -0.4 is 16.0 Å². The third kappa shape index (κ3) is 8.70. The van der Waals surface area contributed by atoms with Gasteiger partial charge in [0.25, 0.3) is 0 Å². The molecule has 0 fully saturated rings. The van der Waals surface area contributed by atoms with Crippen LogP contribution >= 0.6 is 0 Å². The molecule has 6 heteroatoms. The fraction of sp³-hybridized carbons (Fsp3) is 0.529. The minimum atomic E-state index is -0.480. The summed E-state index contributed by atoms with van der Waals surface area (Å²) >= 11 is 0. The van der Waals surface area contributed by atoms with E-state index in [1.807, 2.05) is 52.0 Å². The Labute approximate surface area is 138 Å². The Balaban J connectivity index is 2.27. The van der Waals surface area contributed by atoms with E-state index in [1.54, 1.807) is 0 Å². The molecule has 128 valence electrons. The maximum Gasteiger partial charge on any atom is 0.407 e. The first-order valence-electron chi connectivity index (χ1n) is 7.91. The second-order valence-corrected chi connectivity index (χ2v) is 6.19. The van der Waals surface area contributed by atoms with Gasteiger partial charge in [-0.2, -0.15) is 0 Å². The normalized spacial score (nSPS) is 10.8. The Morgan fingerprint density at radius 3 is 2.48 bits per heavy atom. The van der Waals surface area contributed by atoms with Gasteiger partial charge in [0, 0.05) is 30.9 Å². The summed E-state index contributed by atoms with van der Waals surface area (Å²) in [7, 11) is 0. The molecule has 0 spiro atoms. The molecule has 0 aliphatic carbocycles. The average Bonchev–Trinajstić information content (AvgIpc) is 2.45. The van der Waals surface area contributed by atoms with Gasteiger partial charge >= 0.3 is 6.09 Å². The zero-order chi connectivity index (χ0) is 17.3. The first-order chi connectivity index (χ1) is 10.8. The van der Waals surface area contributed by atoms with Gasteiger partial charge in [-0.25, -0.2) is 4.79 Å². The summed E-state index contributed by atoms with van der Waals surface area (Å²) in [6.45, 7) is 8.56. The van der Waals surface area contributed by atoms with Crippen molar-refractivity contribution in [1.82, 2.24) is 5.32 Å². The van der Waals surface area contributed by atoms with Crippen molar-refractivity contribution in [2.75, 3.05) is 23.7 Å². The summed E-state index contributed by atoms with van der Waals surface area (Å²) in [5.41, 5.74) is 1.22. The number of carbonyl (C=O) groups excluding carboxylic acids is 2. The van der Waals surface area contributed by atoms with Crippen LogP contribution in [0.3, 0.4) is 0 Å². The predicted octanol–water partition coefficient (Wildman–Crippen LogP) is 3.36. The first-order valence-corrected chi connectivity index (χ1v) is 7.91. The van der Waals surface area contributed by atoms with Gasteiger partial charge < -0.3 is 20.7 Å². The second kappa shape index (κ2) is 9.02. The van der Waals surface area contributed by atoms with Crippen LogP contribution in [0, 0.1) is 0 Å². The molecule has 0 unspecified atom stereocenters. The Bertz CT molecular complexity index is 524. The Kier molecular flexibility index (Phi) is 7.38. The Hall–Kier alpha value is -2.24. The molecule has 2 amide bonds. The fourth-order valence-corrected chi connectivity index (χ4v) is 1.78. The highest BCUT2D eigenvalue weighted by Gasteiger charge is 2.15. The summed E-state index contributed by atoms with van der Waals surface area (Å²) in [6.07, 6.45) is 0.820. The number of benzene rings is 1. The SMILES string of the molecule is CCC(=O)Nc1cccc(NCCCNC(=O)OC(C)(C)C)c1. The molecular weight excluding hydrogens is 294 g/mol. The maximum absolute atomic E-state index is 11.5. The van der Waals surface area contributed by atoms with E-state index in [0.717, 1.165) is 17.8 Å². The third-order valence-electron chi connectivity index (χ3n) is 2.82. The van der Waals surface area contributed by atoms with Crippen LogP contribution in [0.15, 0.2) is 24.3 Å². The second-order valence-electron chi connectivity index (χ2n) is 6.19. The van der Waals surface area contributed by atoms with Gasteiger partial charge in [0.05, 0.1) is 0 Å². The van der Waals surface area contributed by atoms with E-state index in [1.165, 1.54) is 0 Å². The number of amides is 2. The van der Waals surface area contributed by atoms with Gasteiger partial charge in [0.1, 0.15) is 5.60 Å². The van der Waals surface area contributed by atoms with E-state index in [9.17, 15) is 9.59 Å². The fourth-order valence-electron chi connectivity index (χ4n) is 1.78. The van der Waals surface area contributed by atoms with E-state index in [4.69, 9.17) is 4.74 Å². The molecule has 3 N–H and O–H groups in total. The first kappa shape index (κ1) is 18.8. The quantitative estimate of drug-likeness (QED) is 0.673. The number of ether oxygens (including phenoxy) is 1. The van der Waals surface area contributed by atoms with Gasteiger partial charge in [-0.05, 0) is 45.4 Å². The Morgan fingerprint density at radius 2 is 1.83 bits per heavy atom. The lowest BCUT2D eigenvalue weighted by Gasteiger charge is -2.19. The zero-order valence-corrected chi connectivity index (χ0v) is 14.4. The smallest absolute Gasteiger partial charge is 0.407 e. The molecule has 23 heavy (non-hydrogen) atoms. The summed E-state index contributed by atoms with van der Waals surface area (Å²) in [4.78, 5) is 22.8. The molecule has 6 nitrogen and oxygen atoms in total. The molecule has 0 aliphatic rings. The van der Waals surface area contributed by atoms with E-state index < -0.39 is 11.7 Å². The van der Waals surface area contributed by atoms with Gasteiger partial charge in [-0.1, -0.05) is 13.0 Å². The Morgan fingerprint density at radius 1 is 1.13 bits per heavy atom. The highest BCUT2D eigenvalue weighted by Crippen LogP contribution is 2.15. The van der Waals surface area contributed by atoms with Crippen molar-refractivity contribution in [3.63, 3.8) is 0 Å². The van der Waals surface area contributed by atoms with Crippen LogP contribution in [0.5, 0.6) is 0 Å². The van der Waals surface area contributed by atoms with E-state index in [2.05, 4.69) is 16.0 Å².